The number of unbranched alkanes of at least 4 members (excludes halogenated alkanes) is 39. The van der Waals surface area contributed by atoms with Gasteiger partial charge in [0, 0.05) is 25.7 Å². The number of hydrogen-bond donors (Lipinski definition) is 3. The number of ether oxygens (including phenoxy) is 4. The van der Waals surface area contributed by atoms with Crippen LogP contribution in [-0.4, -0.2) is 96.7 Å². The summed E-state index contributed by atoms with van der Waals surface area (Å²) in [6.07, 6.45) is 48.8. The van der Waals surface area contributed by atoms with E-state index in [1.54, 1.807) is 0 Å². The van der Waals surface area contributed by atoms with Crippen molar-refractivity contribution in [2.24, 2.45) is 11.8 Å². The second kappa shape index (κ2) is 63.1. The summed E-state index contributed by atoms with van der Waals surface area (Å²) in [6.45, 7) is 9.43. The molecule has 17 nitrogen and oxygen atoms in total. The predicted octanol–water partition coefficient (Wildman–Crippen LogP) is 20.4. The Labute approximate surface area is 549 Å². The first-order chi connectivity index (χ1) is 43.4. The van der Waals surface area contributed by atoms with E-state index in [2.05, 4.69) is 41.5 Å². The maximum atomic E-state index is 13.0. The van der Waals surface area contributed by atoms with Gasteiger partial charge in [-0.2, -0.15) is 0 Å². The number of aliphatic hydroxyl groups excluding tert-OH is 1. The summed E-state index contributed by atoms with van der Waals surface area (Å²) in [5.74, 6) is -0.727. The lowest BCUT2D eigenvalue weighted by Crippen LogP contribution is -2.30. The van der Waals surface area contributed by atoms with Crippen molar-refractivity contribution in [1.82, 2.24) is 0 Å². The maximum absolute atomic E-state index is 13.0. The number of aliphatic hydroxyl groups is 1. The van der Waals surface area contributed by atoms with E-state index in [1.807, 2.05) is 0 Å². The van der Waals surface area contributed by atoms with Crippen molar-refractivity contribution in [3.63, 3.8) is 0 Å². The van der Waals surface area contributed by atoms with Crippen LogP contribution in [0.15, 0.2) is 0 Å². The van der Waals surface area contributed by atoms with E-state index < -0.39 is 97.5 Å². The molecule has 0 aliphatic carbocycles. The summed E-state index contributed by atoms with van der Waals surface area (Å²) < 4.78 is 68.3. The van der Waals surface area contributed by atoms with Gasteiger partial charge in [-0.25, -0.2) is 9.13 Å². The molecule has 19 heteroatoms. The third-order valence-electron chi connectivity index (χ3n) is 16.8. The molecule has 0 saturated heterocycles. The van der Waals surface area contributed by atoms with Crippen molar-refractivity contribution < 1.29 is 80.2 Å². The molecular formula is C71H138O17P2. The Morgan fingerprint density at radius 1 is 0.322 bits per heavy atom. The highest BCUT2D eigenvalue weighted by Gasteiger charge is 2.30. The highest BCUT2D eigenvalue weighted by atomic mass is 31.2. The van der Waals surface area contributed by atoms with Gasteiger partial charge in [0.25, 0.3) is 0 Å². The zero-order valence-electron chi connectivity index (χ0n) is 58.4. The van der Waals surface area contributed by atoms with Crippen molar-refractivity contribution in [3.05, 3.63) is 0 Å². The molecule has 0 bridgehead atoms. The molecule has 0 aliphatic heterocycles. The second-order valence-corrected chi connectivity index (χ2v) is 29.3. The molecule has 0 rings (SSSR count). The van der Waals surface area contributed by atoms with Crippen LogP contribution in [0.1, 0.15) is 363 Å². The summed E-state index contributed by atoms with van der Waals surface area (Å²) in [5, 5.41) is 10.6. The first-order valence-electron chi connectivity index (χ1n) is 37.0. The number of carbonyl (C=O) groups is 4. The van der Waals surface area contributed by atoms with Crippen LogP contribution in [0.2, 0.25) is 0 Å². The van der Waals surface area contributed by atoms with Crippen molar-refractivity contribution in [2.75, 3.05) is 39.6 Å². The normalized spacial score (nSPS) is 14.4. The molecule has 0 aromatic carbocycles. The van der Waals surface area contributed by atoms with E-state index in [1.165, 1.54) is 173 Å². The highest BCUT2D eigenvalue weighted by Crippen LogP contribution is 2.45. The Hall–Kier alpha value is -1.94. The van der Waals surface area contributed by atoms with Gasteiger partial charge in [0.2, 0.25) is 0 Å². The summed E-state index contributed by atoms with van der Waals surface area (Å²) in [5.41, 5.74) is 0. The van der Waals surface area contributed by atoms with E-state index in [0.717, 1.165) is 102 Å². The summed E-state index contributed by atoms with van der Waals surface area (Å²) in [6, 6.07) is 0. The average Bonchev–Trinajstić information content (AvgIpc) is 3.15. The van der Waals surface area contributed by atoms with Crippen LogP contribution in [0, 0.1) is 11.8 Å². The van der Waals surface area contributed by atoms with E-state index in [9.17, 15) is 43.2 Å². The minimum Gasteiger partial charge on any atom is -0.462 e. The van der Waals surface area contributed by atoms with Crippen LogP contribution in [0.25, 0.3) is 0 Å². The fourth-order valence-corrected chi connectivity index (χ4v) is 12.3. The monoisotopic (exact) mass is 1320 g/mol. The SMILES string of the molecule is CCCCCCCCCCCCCCCCCCC(=O)O[C@H](COC(=O)CCCCCCCCCCCCCCCCC)COP(=O)(O)OC[C@@H](O)COP(=O)(O)OC[C@@H](COC(=O)CCCCCCCCC(C)C)OC(=O)CCCCCCCCC(C)CC. The molecular weight excluding hydrogens is 1190 g/mol. The Bertz CT molecular complexity index is 1750. The van der Waals surface area contributed by atoms with E-state index >= 15 is 0 Å². The van der Waals surface area contributed by atoms with Gasteiger partial charge in [-0.1, -0.05) is 311 Å². The molecule has 0 radical (unpaired) electrons. The number of phosphoric acid groups is 2. The van der Waals surface area contributed by atoms with E-state index in [0.29, 0.717) is 31.6 Å². The Balaban J connectivity index is 5.23. The van der Waals surface area contributed by atoms with Crippen LogP contribution in [0.5, 0.6) is 0 Å². The Morgan fingerprint density at radius 3 is 0.844 bits per heavy atom. The lowest BCUT2D eigenvalue weighted by molar-refractivity contribution is -0.161. The number of carbonyl (C=O) groups excluding carboxylic acids is 4. The molecule has 3 N–H and O–H groups in total. The first-order valence-corrected chi connectivity index (χ1v) is 40.0. The third kappa shape index (κ3) is 63.5. The molecule has 0 aliphatic rings. The fraction of sp³-hybridized carbons (Fsp3) is 0.944. The Morgan fingerprint density at radius 2 is 0.567 bits per heavy atom. The molecule has 3 unspecified atom stereocenters. The Kier molecular flexibility index (Phi) is 61.8. The summed E-state index contributed by atoms with van der Waals surface area (Å²) >= 11 is 0. The molecule has 0 saturated carbocycles. The van der Waals surface area contributed by atoms with Gasteiger partial charge in [0.05, 0.1) is 26.4 Å². The minimum atomic E-state index is -4.95. The van der Waals surface area contributed by atoms with Crippen molar-refractivity contribution in [2.45, 2.75) is 381 Å². The molecule has 90 heavy (non-hydrogen) atoms. The topological polar surface area (TPSA) is 237 Å². The molecule has 6 atom stereocenters. The quantitative estimate of drug-likeness (QED) is 0.0222. The van der Waals surface area contributed by atoms with E-state index in [-0.39, 0.29) is 25.7 Å². The zero-order valence-corrected chi connectivity index (χ0v) is 60.2. The lowest BCUT2D eigenvalue weighted by atomic mass is 10.00. The van der Waals surface area contributed by atoms with Crippen molar-refractivity contribution in [1.29, 1.82) is 0 Å². The van der Waals surface area contributed by atoms with Crippen LogP contribution < -0.4 is 0 Å². The highest BCUT2D eigenvalue weighted by molar-refractivity contribution is 7.47. The molecule has 0 fully saturated rings. The minimum absolute atomic E-state index is 0.102. The van der Waals surface area contributed by atoms with Gasteiger partial charge in [-0.3, -0.25) is 37.3 Å². The van der Waals surface area contributed by atoms with Crippen LogP contribution in [0.3, 0.4) is 0 Å². The van der Waals surface area contributed by atoms with Gasteiger partial charge < -0.3 is 33.8 Å². The van der Waals surface area contributed by atoms with Crippen molar-refractivity contribution in [3.8, 4) is 0 Å². The van der Waals surface area contributed by atoms with Crippen LogP contribution >= 0.6 is 15.6 Å². The molecule has 0 amide bonds. The molecule has 0 spiro atoms. The van der Waals surface area contributed by atoms with Gasteiger partial charge in [-0.05, 0) is 37.5 Å². The zero-order chi connectivity index (χ0) is 66.5. The first kappa shape index (κ1) is 88.1. The number of hydrogen-bond acceptors (Lipinski definition) is 15. The average molecular weight is 1330 g/mol. The van der Waals surface area contributed by atoms with Crippen LogP contribution in [0.4, 0.5) is 0 Å². The van der Waals surface area contributed by atoms with Gasteiger partial charge in [-0.15, -0.1) is 0 Å². The third-order valence-corrected chi connectivity index (χ3v) is 18.7. The van der Waals surface area contributed by atoms with Gasteiger partial charge in [0.15, 0.2) is 12.2 Å². The van der Waals surface area contributed by atoms with Crippen molar-refractivity contribution >= 4 is 39.5 Å². The number of rotatable bonds is 70. The fourth-order valence-electron chi connectivity index (χ4n) is 10.7. The lowest BCUT2D eigenvalue weighted by Gasteiger charge is -2.21. The second-order valence-electron chi connectivity index (χ2n) is 26.3. The summed E-state index contributed by atoms with van der Waals surface area (Å²) in [4.78, 5) is 72.5. The summed E-state index contributed by atoms with van der Waals surface area (Å²) in [7, 11) is -9.90. The van der Waals surface area contributed by atoms with Gasteiger partial charge >= 0.3 is 39.5 Å². The molecule has 0 aromatic heterocycles. The standard InChI is InChI=1S/C71H138O17P2/c1-7-10-12-14-16-18-20-22-24-26-28-30-32-34-43-49-55-70(75)87-66(59-81-68(73)53-47-41-33-31-29-27-25-23-21-19-17-15-13-11-8-2)61-85-89(77,78)83-57-65(72)58-84-90(79,80)86-62-67(60-82-69(74)54-48-42-37-35-39-45-51-63(4)5)88-71(76)56-50-44-38-36-40-46-52-64(6)9-3/h63-67,72H,7-62H2,1-6H3,(H,77,78)(H,79,80)/t64?,65-,66-,67-/m1/s1. The molecule has 0 heterocycles. The van der Waals surface area contributed by atoms with Crippen LogP contribution in [-0.2, 0) is 65.4 Å². The molecule has 0 aromatic rings. The van der Waals surface area contributed by atoms with E-state index in [4.69, 9.17) is 37.0 Å². The number of phosphoric ester groups is 2. The largest absolute Gasteiger partial charge is 0.472 e. The number of esters is 4. The smallest absolute Gasteiger partial charge is 0.462 e. The predicted molar refractivity (Wildman–Crippen MR) is 363 cm³/mol. The van der Waals surface area contributed by atoms with Gasteiger partial charge in [0.1, 0.15) is 19.3 Å². The molecule has 534 valence electrons. The maximum Gasteiger partial charge on any atom is 0.472 e.